The number of ether oxygens (including phenoxy) is 1. The van der Waals surface area contributed by atoms with E-state index in [4.69, 9.17) is 9.15 Å². The average Bonchev–Trinajstić information content (AvgIpc) is 3.28. The van der Waals surface area contributed by atoms with Crippen LogP contribution < -0.4 is 4.74 Å². The predicted molar refractivity (Wildman–Crippen MR) is 101 cm³/mol. The topological polar surface area (TPSA) is 60.5 Å². The van der Waals surface area contributed by atoms with E-state index in [1.165, 1.54) is 11.8 Å². The molecule has 0 aliphatic heterocycles. The van der Waals surface area contributed by atoms with Crippen LogP contribution in [0.2, 0.25) is 0 Å². The number of aryl methyl sites for hydroxylation is 1. The van der Waals surface area contributed by atoms with E-state index in [0.29, 0.717) is 12.3 Å². The van der Waals surface area contributed by atoms with Crippen LogP contribution in [0.3, 0.4) is 0 Å². The second-order valence-electron chi connectivity index (χ2n) is 5.83. The minimum absolute atomic E-state index is 0.0178. The normalized spacial score (nSPS) is 10.7. The van der Waals surface area contributed by atoms with Gasteiger partial charge in [-0.25, -0.2) is 4.98 Å². The number of furan rings is 1. The number of amides is 1. The van der Waals surface area contributed by atoms with Crippen molar-refractivity contribution in [3.8, 4) is 11.4 Å². The van der Waals surface area contributed by atoms with Gasteiger partial charge >= 0.3 is 0 Å². The van der Waals surface area contributed by atoms with E-state index in [-0.39, 0.29) is 5.91 Å². The van der Waals surface area contributed by atoms with Crippen molar-refractivity contribution in [2.24, 2.45) is 0 Å². The third-order valence-electron chi connectivity index (χ3n) is 3.88. The van der Waals surface area contributed by atoms with Gasteiger partial charge in [0.25, 0.3) is 0 Å². The summed E-state index contributed by atoms with van der Waals surface area (Å²) in [6, 6.07) is 11.5. The lowest BCUT2D eigenvalue weighted by atomic mass is 10.3. The standard InChI is InChI=1S/C19H21N3O3S/c1-14-7-8-17(25-14)12-21(2)18(23)13-26-19-20-9-10-22(19)15-5-4-6-16(11-15)24-3/h4-11H,12-13H2,1-3H3. The molecule has 3 rings (SSSR count). The van der Waals surface area contributed by atoms with Crippen LogP contribution in [-0.4, -0.2) is 40.3 Å². The molecule has 2 aromatic heterocycles. The molecule has 0 radical (unpaired) electrons. The number of nitrogens with zero attached hydrogens (tertiary/aromatic N) is 3. The van der Waals surface area contributed by atoms with Crippen LogP contribution >= 0.6 is 11.8 Å². The summed E-state index contributed by atoms with van der Waals surface area (Å²) in [7, 11) is 3.41. The summed E-state index contributed by atoms with van der Waals surface area (Å²) in [5.74, 6) is 2.72. The summed E-state index contributed by atoms with van der Waals surface area (Å²) < 4.78 is 12.7. The Morgan fingerprint density at radius 1 is 1.35 bits per heavy atom. The van der Waals surface area contributed by atoms with E-state index >= 15 is 0 Å². The molecule has 1 aromatic carbocycles. The van der Waals surface area contributed by atoms with Crippen molar-refractivity contribution in [2.45, 2.75) is 18.6 Å². The Kier molecular flexibility index (Phi) is 5.68. The maximum Gasteiger partial charge on any atom is 0.233 e. The molecule has 0 unspecified atom stereocenters. The fraction of sp³-hybridized carbons (Fsp3) is 0.263. The highest BCUT2D eigenvalue weighted by Gasteiger charge is 2.14. The average molecular weight is 371 g/mol. The maximum atomic E-state index is 12.4. The number of carbonyl (C=O) groups excluding carboxylic acids is 1. The number of hydrogen-bond acceptors (Lipinski definition) is 5. The van der Waals surface area contributed by atoms with Crippen LogP contribution in [0.25, 0.3) is 5.69 Å². The largest absolute Gasteiger partial charge is 0.497 e. The van der Waals surface area contributed by atoms with Gasteiger partial charge in [-0.1, -0.05) is 17.8 Å². The molecule has 7 heteroatoms. The van der Waals surface area contributed by atoms with Gasteiger partial charge in [0.05, 0.1) is 25.1 Å². The fourth-order valence-electron chi connectivity index (χ4n) is 2.48. The van der Waals surface area contributed by atoms with Gasteiger partial charge in [-0.15, -0.1) is 0 Å². The minimum Gasteiger partial charge on any atom is -0.497 e. The molecule has 26 heavy (non-hydrogen) atoms. The molecule has 0 bridgehead atoms. The Labute approximate surface area is 156 Å². The number of aromatic nitrogens is 2. The molecule has 0 atom stereocenters. The SMILES string of the molecule is COc1cccc(-n2ccnc2SCC(=O)N(C)Cc2ccc(C)o2)c1. The molecule has 0 aliphatic carbocycles. The fourth-order valence-corrected chi connectivity index (χ4v) is 3.40. The number of thioether (sulfide) groups is 1. The molecule has 3 aromatic rings. The second-order valence-corrected chi connectivity index (χ2v) is 6.77. The smallest absolute Gasteiger partial charge is 0.233 e. The molecule has 0 fully saturated rings. The van der Waals surface area contributed by atoms with E-state index in [1.807, 2.05) is 54.1 Å². The number of rotatable bonds is 7. The van der Waals surface area contributed by atoms with Crippen molar-refractivity contribution < 1.29 is 13.9 Å². The van der Waals surface area contributed by atoms with Crippen LogP contribution in [0.15, 0.2) is 58.4 Å². The zero-order valence-corrected chi connectivity index (χ0v) is 15.8. The lowest BCUT2D eigenvalue weighted by molar-refractivity contribution is -0.127. The number of hydrogen-bond donors (Lipinski definition) is 0. The van der Waals surface area contributed by atoms with Crippen molar-refractivity contribution in [1.29, 1.82) is 0 Å². The molecule has 0 saturated carbocycles. The molecule has 2 heterocycles. The lowest BCUT2D eigenvalue weighted by Crippen LogP contribution is -2.27. The Bertz CT molecular complexity index is 888. The van der Waals surface area contributed by atoms with Crippen LogP contribution in [0.4, 0.5) is 0 Å². The third kappa shape index (κ3) is 4.29. The van der Waals surface area contributed by atoms with Crippen molar-refractivity contribution >= 4 is 17.7 Å². The van der Waals surface area contributed by atoms with Crippen molar-refractivity contribution in [1.82, 2.24) is 14.5 Å². The Morgan fingerprint density at radius 3 is 2.92 bits per heavy atom. The number of benzene rings is 1. The highest BCUT2D eigenvalue weighted by Crippen LogP contribution is 2.23. The van der Waals surface area contributed by atoms with E-state index in [1.54, 1.807) is 25.3 Å². The zero-order chi connectivity index (χ0) is 18.5. The first-order chi connectivity index (χ1) is 12.6. The van der Waals surface area contributed by atoms with Crippen LogP contribution in [0.1, 0.15) is 11.5 Å². The monoisotopic (exact) mass is 371 g/mol. The van der Waals surface area contributed by atoms with Crippen molar-refractivity contribution in [3.63, 3.8) is 0 Å². The van der Waals surface area contributed by atoms with Gasteiger partial charge in [0.2, 0.25) is 5.91 Å². The maximum absolute atomic E-state index is 12.4. The summed E-state index contributed by atoms with van der Waals surface area (Å²) in [5, 5.41) is 0.758. The van der Waals surface area contributed by atoms with Crippen molar-refractivity contribution in [3.05, 3.63) is 60.3 Å². The third-order valence-corrected chi connectivity index (χ3v) is 4.83. The van der Waals surface area contributed by atoms with Crippen LogP contribution in [0, 0.1) is 6.92 Å². The first-order valence-electron chi connectivity index (χ1n) is 8.16. The van der Waals surface area contributed by atoms with Gasteiger partial charge in [-0.05, 0) is 31.2 Å². The number of imidazole rings is 1. The van der Waals surface area contributed by atoms with Gasteiger partial charge in [0, 0.05) is 25.5 Å². The Balaban J connectivity index is 1.63. The summed E-state index contributed by atoms with van der Waals surface area (Å²) in [5.41, 5.74) is 0.941. The summed E-state index contributed by atoms with van der Waals surface area (Å²) in [6.45, 7) is 2.34. The van der Waals surface area contributed by atoms with Crippen LogP contribution in [-0.2, 0) is 11.3 Å². The molecule has 0 N–H and O–H groups in total. The highest BCUT2D eigenvalue weighted by molar-refractivity contribution is 7.99. The molecular formula is C19H21N3O3S. The second kappa shape index (κ2) is 8.14. The minimum atomic E-state index is 0.0178. The molecule has 1 amide bonds. The molecule has 136 valence electrons. The summed E-state index contributed by atoms with van der Waals surface area (Å²) in [4.78, 5) is 18.4. The molecule has 0 aliphatic rings. The molecule has 0 saturated heterocycles. The number of methoxy groups -OCH3 is 1. The Morgan fingerprint density at radius 2 is 2.19 bits per heavy atom. The lowest BCUT2D eigenvalue weighted by Gasteiger charge is -2.15. The molecule has 0 spiro atoms. The quantitative estimate of drug-likeness (QED) is 0.595. The number of carbonyl (C=O) groups is 1. The van der Waals surface area contributed by atoms with Gasteiger partial charge < -0.3 is 14.1 Å². The first-order valence-corrected chi connectivity index (χ1v) is 9.15. The predicted octanol–water partition coefficient (Wildman–Crippen LogP) is 3.53. The highest BCUT2D eigenvalue weighted by atomic mass is 32.2. The van der Waals surface area contributed by atoms with Crippen molar-refractivity contribution in [2.75, 3.05) is 19.9 Å². The van der Waals surface area contributed by atoms with Gasteiger partial charge in [0.15, 0.2) is 5.16 Å². The van der Waals surface area contributed by atoms with Gasteiger partial charge in [0.1, 0.15) is 17.3 Å². The van der Waals surface area contributed by atoms with E-state index < -0.39 is 0 Å². The summed E-state index contributed by atoms with van der Waals surface area (Å²) in [6.07, 6.45) is 3.60. The summed E-state index contributed by atoms with van der Waals surface area (Å²) >= 11 is 1.40. The zero-order valence-electron chi connectivity index (χ0n) is 15.0. The van der Waals surface area contributed by atoms with E-state index in [2.05, 4.69) is 4.98 Å². The Hall–Kier alpha value is -2.67. The molecular weight excluding hydrogens is 350 g/mol. The molecule has 6 nitrogen and oxygen atoms in total. The first kappa shape index (κ1) is 18.1. The van der Waals surface area contributed by atoms with Crippen LogP contribution in [0.5, 0.6) is 5.75 Å². The van der Waals surface area contributed by atoms with Gasteiger partial charge in [-0.3, -0.25) is 9.36 Å². The van der Waals surface area contributed by atoms with E-state index in [9.17, 15) is 4.79 Å². The van der Waals surface area contributed by atoms with Gasteiger partial charge in [-0.2, -0.15) is 0 Å². The van der Waals surface area contributed by atoms with E-state index in [0.717, 1.165) is 28.1 Å².